The van der Waals surface area contributed by atoms with E-state index in [0.29, 0.717) is 23.7 Å². The molecule has 8 heteroatoms. The molecule has 0 spiro atoms. The maximum absolute atomic E-state index is 12.5. The number of nitrogens with one attached hydrogen (secondary N) is 1. The molecule has 3 heterocycles. The molecule has 0 bridgehead atoms. The highest BCUT2D eigenvalue weighted by Crippen LogP contribution is 2.28. The Morgan fingerprint density at radius 1 is 1.23 bits per heavy atom. The van der Waals surface area contributed by atoms with Gasteiger partial charge in [0.15, 0.2) is 0 Å². The lowest BCUT2D eigenvalue weighted by Crippen LogP contribution is -2.49. The molecule has 0 aromatic carbocycles. The summed E-state index contributed by atoms with van der Waals surface area (Å²) >= 11 is 1.38. The maximum atomic E-state index is 12.5. The number of aryl methyl sites for hydroxylation is 1. The Balaban J connectivity index is 1.55. The first-order valence-electron chi connectivity index (χ1n) is 8.42. The van der Waals surface area contributed by atoms with E-state index in [4.69, 9.17) is 4.74 Å². The fraction of sp³-hybridized carbons (Fsp3) is 0.389. The van der Waals surface area contributed by atoms with E-state index in [9.17, 15) is 9.59 Å². The van der Waals surface area contributed by atoms with Crippen molar-refractivity contribution in [3.05, 3.63) is 46.6 Å². The number of nitrogens with zero attached hydrogens (tertiary/aromatic N) is 3. The van der Waals surface area contributed by atoms with E-state index in [1.165, 1.54) is 24.0 Å². The lowest BCUT2D eigenvalue weighted by molar-refractivity contribution is 0.0602. The molecule has 0 aliphatic carbocycles. The van der Waals surface area contributed by atoms with Gasteiger partial charge in [-0.25, -0.2) is 9.59 Å². The topological polar surface area (TPSA) is 74.8 Å². The summed E-state index contributed by atoms with van der Waals surface area (Å²) in [5.74, 6) is -0.438. The second-order valence-electron chi connectivity index (χ2n) is 6.14. The molecular weight excluding hydrogens is 352 g/mol. The average molecular weight is 374 g/mol. The van der Waals surface area contributed by atoms with Crippen molar-refractivity contribution in [3.8, 4) is 0 Å². The smallest absolute Gasteiger partial charge is 0.340 e. The molecule has 2 amide bonds. The molecule has 1 saturated heterocycles. The Labute approximate surface area is 156 Å². The van der Waals surface area contributed by atoms with Gasteiger partial charge in [0.25, 0.3) is 0 Å². The zero-order chi connectivity index (χ0) is 18.5. The minimum Gasteiger partial charge on any atom is -0.465 e. The largest absolute Gasteiger partial charge is 0.465 e. The zero-order valence-electron chi connectivity index (χ0n) is 14.9. The van der Waals surface area contributed by atoms with Crippen LogP contribution in [0.2, 0.25) is 0 Å². The second kappa shape index (κ2) is 8.29. The van der Waals surface area contributed by atoms with Crippen LogP contribution in [0.4, 0.5) is 9.80 Å². The van der Waals surface area contributed by atoms with Crippen molar-refractivity contribution in [1.29, 1.82) is 0 Å². The molecule has 7 nitrogen and oxygen atoms in total. The van der Waals surface area contributed by atoms with Crippen molar-refractivity contribution in [2.24, 2.45) is 0 Å². The highest BCUT2D eigenvalue weighted by atomic mass is 32.1. The molecule has 1 N–H and O–H groups in total. The van der Waals surface area contributed by atoms with Crippen LogP contribution in [0, 0.1) is 6.92 Å². The summed E-state index contributed by atoms with van der Waals surface area (Å²) in [6.07, 6.45) is 3.59. The third-order valence-corrected chi connectivity index (χ3v) is 5.26. The molecule has 0 unspecified atom stereocenters. The molecule has 0 radical (unpaired) electrons. The predicted octanol–water partition coefficient (Wildman–Crippen LogP) is 2.59. The van der Waals surface area contributed by atoms with Crippen molar-refractivity contribution >= 4 is 28.3 Å². The molecule has 1 aliphatic rings. The maximum Gasteiger partial charge on any atom is 0.340 e. The standard InChI is InChI=1S/C18H22N4O3S/c1-13-11-15(17(23)25-2)16(26-13)20-18(24)22-9-7-21(8-10-22)12-14-3-5-19-6-4-14/h3-6,11H,7-10,12H2,1-2H3,(H,20,24). The Kier molecular flexibility index (Phi) is 5.85. The summed E-state index contributed by atoms with van der Waals surface area (Å²) in [7, 11) is 1.34. The predicted molar refractivity (Wildman–Crippen MR) is 101 cm³/mol. The third-order valence-electron chi connectivity index (χ3n) is 4.30. The molecule has 26 heavy (non-hydrogen) atoms. The first-order chi connectivity index (χ1) is 12.6. The van der Waals surface area contributed by atoms with Crippen LogP contribution < -0.4 is 5.32 Å². The number of hydrogen-bond acceptors (Lipinski definition) is 6. The van der Waals surface area contributed by atoms with E-state index in [0.717, 1.165) is 24.5 Å². The van der Waals surface area contributed by atoms with Crippen LogP contribution in [0.15, 0.2) is 30.6 Å². The normalized spacial score (nSPS) is 14.9. The van der Waals surface area contributed by atoms with Gasteiger partial charge in [-0.05, 0) is 30.7 Å². The summed E-state index contributed by atoms with van der Waals surface area (Å²) in [5.41, 5.74) is 1.62. The van der Waals surface area contributed by atoms with Crippen LogP contribution >= 0.6 is 11.3 Å². The Morgan fingerprint density at radius 3 is 2.58 bits per heavy atom. The van der Waals surface area contributed by atoms with Gasteiger partial charge in [0.1, 0.15) is 5.00 Å². The van der Waals surface area contributed by atoms with Gasteiger partial charge in [-0.1, -0.05) is 0 Å². The zero-order valence-corrected chi connectivity index (χ0v) is 15.7. The van der Waals surface area contributed by atoms with Crippen LogP contribution in [0.1, 0.15) is 20.8 Å². The Bertz CT molecular complexity index is 770. The summed E-state index contributed by atoms with van der Waals surface area (Å²) in [6.45, 7) is 5.66. The molecule has 1 fully saturated rings. The van der Waals surface area contributed by atoms with Crippen LogP contribution in [0.3, 0.4) is 0 Å². The van der Waals surface area contributed by atoms with E-state index < -0.39 is 5.97 Å². The van der Waals surface area contributed by atoms with Gasteiger partial charge in [-0.3, -0.25) is 15.2 Å². The first kappa shape index (κ1) is 18.3. The number of amides is 2. The fourth-order valence-corrected chi connectivity index (χ4v) is 3.79. The number of carbonyl (C=O) groups is 2. The van der Waals surface area contributed by atoms with Crippen molar-refractivity contribution < 1.29 is 14.3 Å². The first-order valence-corrected chi connectivity index (χ1v) is 9.24. The van der Waals surface area contributed by atoms with Gasteiger partial charge in [0.2, 0.25) is 0 Å². The number of urea groups is 1. The number of piperazine rings is 1. The van der Waals surface area contributed by atoms with Crippen molar-refractivity contribution in [2.75, 3.05) is 38.6 Å². The number of carbonyl (C=O) groups excluding carboxylic acids is 2. The molecule has 1 aliphatic heterocycles. The lowest BCUT2D eigenvalue weighted by Gasteiger charge is -2.34. The summed E-state index contributed by atoms with van der Waals surface area (Å²) < 4.78 is 4.78. The SMILES string of the molecule is COC(=O)c1cc(C)sc1NC(=O)N1CCN(Cc2ccncc2)CC1. The molecular formula is C18H22N4O3S. The lowest BCUT2D eigenvalue weighted by atomic mass is 10.2. The van der Waals surface area contributed by atoms with E-state index in [-0.39, 0.29) is 6.03 Å². The number of ether oxygens (including phenoxy) is 1. The van der Waals surface area contributed by atoms with Gasteiger partial charge < -0.3 is 9.64 Å². The van der Waals surface area contributed by atoms with Gasteiger partial charge >= 0.3 is 12.0 Å². The second-order valence-corrected chi connectivity index (χ2v) is 7.40. The fourth-order valence-electron chi connectivity index (χ4n) is 2.90. The van der Waals surface area contributed by atoms with Crippen LogP contribution in [0.25, 0.3) is 0 Å². The summed E-state index contributed by atoms with van der Waals surface area (Å²) in [6, 6.07) is 5.57. The number of esters is 1. The molecule has 3 rings (SSSR count). The van der Waals surface area contributed by atoms with E-state index in [2.05, 4.69) is 15.2 Å². The number of pyridine rings is 1. The van der Waals surface area contributed by atoms with Crippen LogP contribution in [-0.4, -0.2) is 60.1 Å². The number of hydrogen-bond donors (Lipinski definition) is 1. The van der Waals surface area contributed by atoms with Gasteiger partial charge in [-0.15, -0.1) is 11.3 Å². The Hall–Kier alpha value is -2.45. The molecule has 0 atom stereocenters. The highest BCUT2D eigenvalue weighted by molar-refractivity contribution is 7.16. The highest BCUT2D eigenvalue weighted by Gasteiger charge is 2.23. The third kappa shape index (κ3) is 4.39. The number of thiophene rings is 1. The number of methoxy groups -OCH3 is 1. The van der Waals surface area contributed by atoms with Gasteiger partial charge in [0.05, 0.1) is 12.7 Å². The monoisotopic (exact) mass is 374 g/mol. The summed E-state index contributed by atoms with van der Waals surface area (Å²) in [5, 5.41) is 3.40. The van der Waals surface area contributed by atoms with Gasteiger partial charge in [-0.2, -0.15) is 0 Å². The van der Waals surface area contributed by atoms with Crippen molar-refractivity contribution in [2.45, 2.75) is 13.5 Å². The van der Waals surface area contributed by atoms with Gasteiger partial charge in [0, 0.05) is 50.0 Å². The summed E-state index contributed by atoms with van der Waals surface area (Å²) in [4.78, 5) is 33.4. The van der Waals surface area contributed by atoms with E-state index in [1.54, 1.807) is 23.4 Å². The molecule has 138 valence electrons. The average Bonchev–Trinajstić information content (AvgIpc) is 3.02. The molecule has 2 aromatic heterocycles. The number of aromatic nitrogens is 1. The minimum atomic E-state index is -0.438. The number of anilines is 1. The molecule has 2 aromatic rings. The van der Waals surface area contributed by atoms with Crippen LogP contribution in [0.5, 0.6) is 0 Å². The van der Waals surface area contributed by atoms with E-state index in [1.807, 2.05) is 19.1 Å². The Morgan fingerprint density at radius 2 is 1.92 bits per heavy atom. The van der Waals surface area contributed by atoms with Crippen molar-refractivity contribution in [1.82, 2.24) is 14.8 Å². The quantitative estimate of drug-likeness (QED) is 0.833. The van der Waals surface area contributed by atoms with Crippen LogP contribution in [-0.2, 0) is 11.3 Å². The van der Waals surface area contributed by atoms with Crippen molar-refractivity contribution in [3.63, 3.8) is 0 Å². The number of rotatable bonds is 4. The van der Waals surface area contributed by atoms with E-state index >= 15 is 0 Å². The molecule has 0 saturated carbocycles. The minimum absolute atomic E-state index is 0.180.